The molecule has 0 bridgehead atoms. The molecule has 9 nitrogen and oxygen atoms in total. The van der Waals surface area contributed by atoms with Crippen LogP contribution in [-0.2, 0) is 32.6 Å². The Morgan fingerprint density at radius 2 is 1.41 bits per heavy atom. The number of benzene rings is 4. The Kier molecular flexibility index (Phi) is 12.0. The van der Waals surface area contributed by atoms with Gasteiger partial charge in [-0.1, -0.05) is 97.6 Å². The number of methoxy groups -OCH3 is 2. The lowest BCUT2D eigenvalue weighted by Crippen LogP contribution is -2.55. The van der Waals surface area contributed by atoms with E-state index in [1.165, 1.54) is 37.3 Å². The number of hydrogen-bond acceptors (Lipinski definition) is 6. The van der Waals surface area contributed by atoms with Gasteiger partial charge >= 0.3 is 0 Å². The Labute approximate surface area is 289 Å². The predicted octanol–water partition coefficient (Wildman–Crippen LogP) is 6.30. The summed E-state index contributed by atoms with van der Waals surface area (Å²) in [6.07, 6.45) is 5.27. The lowest BCUT2D eigenvalue weighted by atomic mass is 9.94. The van der Waals surface area contributed by atoms with Crippen LogP contribution in [-0.4, -0.2) is 58.0 Å². The van der Waals surface area contributed by atoms with E-state index in [-0.39, 0.29) is 35.6 Å². The van der Waals surface area contributed by atoms with Crippen molar-refractivity contribution in [1.29, 1.82) is 0 Å². The standard InChI is InChI=1S/C39H45N3O6S/c1-29-19-21-33(22-20-29)42(49(45,46)34-23-24-36(47-2)37(26-34)48-3)28-38(43)41(27-31-15-9-5-10-16-31)35(25-30-13-7-4-8-14-30)39(44)40-32-17-11-6-12-18-32/h4-5,7-10,13-16,19-24,26,32,35H,6,11-12,17-18,25,27-28H2,1-3H3,(H,40,44)/t35-/m1/s1. The van der Waals surface area contributed by atoms with Crippen LogP contribution in [0, 0.1) is 6.92 Å². The van der Waals surface area contributed by atoms with E-state index >= 15 is 0 Å². The lowest BCUT2D eigenvalue weighted by Gasteiger charge is -2.35. The zero-order chi connectivity index (χ0) is 34.8. The van der Waals surface area contributed by atoms with E-state index in [0.717, 1.165) is 53.1 Å². The molecule has 4 aromatic rings. The number of carbonyl (C=O) groups is 2. The second kappa shape index (κ2) is 16.5. The highest BCUT2D eigenvalue weighted by Crippen LogP contribution is 2.32. The van der Waals surface area contributed by atoms with Gasteiger partial charge in [0.15, 0.2) is 11.5 Å². The number of anilines is 1. The van der Waals surface area contributed by atoms with Gasteiger partial charge < -0.3 is 19.7 Å². The first kappa shape index (κ1) is 35.5. The van der Waals surface area contributed by atoms with Crippen LogP contribution in [0.2, 0.25) is 0 Å². The minimum absolute atomic E-state index is 0.0303. The molecule has 5 rings (SSSR count). The number of aryl methyl sites for hydroxylation is 1. The smallest absolute Gasteiger partial charge is 0.264 e. The summed E-state index contributed by atoms with van der Waals surface area (Å²) in [6.45, 7) is 1.49. The summed E-state index contributed by atoms with van der Waals surface area (Å²) in [6, 6.07) is 29.5. The molecule has 2 amide bonds. The van der Waals surface area contributed by atoms with Gasteiger partial charge in [-0.3, -0.25) is 13.9 Å². The fourth-order valence-corrected chi connectivity index (χ4v) is 7.65. The Balaban J connectivity index is 1.56. The van der Waals surface area contributed by atoms with E-state index in [4.69, 9.17) is 9.47 Å². The largest absolute Gasteiger partial charge is 0.493 e. The summed E-state index contributed by atoms with van der Waals surface area (Å²) < 4.78 is 40.7. The molecule has 1 aliphatic rings. The molecule has 0 heterocycles. The lowest BCUT2D eigenvalue weighted by molar-refractivity contribution is -0.140. The Morgan fingerprint density at radius 3 is 2.02 bits per heavy atom. The van der Waals surface area contributed by atoms with Gasteiger partial charge in [-0.25, -0.2) is 8.42 Å². The van der Waals surface area contributed by atoms with Gasteiger partial charge in [0.2, 0.25) is 11.8 Å². The maximum Gasteiger partial charge on any atom is 0.264 e. The van der Waals surface area contributed by atoms with E-state index in [1.807, 2.05) is 67.6 Å². The van der Waals surface area contributed by atoms with Crippen molar-refractivity contribution in [3.63, 3.8) is 0 Å². The monoisotopic (exact) mass is 683 g/mol. The summed E-state index contributed by atoms with van der Waals surface area (Å²) in [4.78, 5) is 30.4. The molecule has 0 radical (unpaired) electrons. The molecular weight excluding hydrogens is 639 g/mol. The summed E-state index contributed by atoms with van der Waals surface area (Å²) in [7, 11) is -1.40. The van der Waals surface area contributed by atoms with Crippen LogP contribution in [0.5, 0.6) is 11.5 Å². The first-order valence-corrected chi connectivity index (χ1v) is 18.1. The van der Waals surface area contributed by atoms with Crippen LogP contribution in [0.15, 0.2) is 108 Å². The summed E-state index contributed by atoms with van der Waals surface area (Å²) in [5.74, 6) is -0.133. The normalized spacial score (nSPS) is 14.0. The molecule has 258 valence electrons. The molecule has 0 aromatic heterocycles. The number of ether oxygens (including phenoxy) is 2. The minimum Gasteiger partial charge on any atom is -0.493 e. The molecule has 1 saturated carbocycles. The molecule has 0 spiro atoms. The van der Waals surface area contributed by atoms with Gasteiger partial charge in [0.05, 0.1) is 24.8 Å². The van der Waals surface area contributed by atoms with Crippen LogP contribution < -0.4 is 19.1 Å². The fraction of sp³-hybridized carbons (Fsp3) is 0.333. The van der Waals surface area contributed by atoms with Gasteiger partial charge in [-0.15, -0.1) is 0 Å². The number of nitrogens with zero attached hydrogens (tertiary/aromatic N) is 2. The number of carbonyl (C=O) groups excluding carboxylic acids is 2. The first-order valence-electron chi connectivity index (χ1n) is 16.7. The highest BCUT2D eigenvalue weighted by Gasteiger charge is 2.35. The quantitative estimate of drug-likeness (QED) is 0.167. The molecule has 1 N–H and O–H groups in total. The predicted molar refractivity (Wildman–Crippen MR) is 191 cm³/mol. The molecule has 0 unspecified atom stereocenters. The second-order valence-corrected chi connectivity index (χ2v) is 14.3. The highest BCUT2D eigenvalue weighted by molar-refractivity contribution is 7.92. The molecule has 1 fully saturated rings. The average molecular weight is 684 g/mol. The van der Waals surface area contributed by atoms with Crippen molar-refractivity contribution in [2.45, 2.75) is 69.0 Å². The average Bonchev–Trinajstić information content (AvgIpc) is 3.13. The van der Waals surface area contributed by atoms with Crippen LogP contribution in [0.1, 0.15) is 48.8 Å². The molecule has 1 aliphatic carbocycles. The summed E-state index contributed by atoms with van der Waals surface area (Å²) >= 11 is 0. The van der Waals surface area contributed by atoms with Crippen LogP contribution in [0.25, 0.3) is 0 Å². The third kappa shape index (κ3) is 9.00. The van der Waals surface area contributed by atoms with Gasteiger partial charge in [0, 0.05) is 25.1 Å². The number of nitrogens with one attached hydrogen (secondary N) is 1. The molecular formula is C39H45N3O6S. The van der Waals surface area contributed by atoms with Crippen molar-refractivity contribution < 1.29 is 27.5 Å². The van der Waals surface area contributed by atoms with Gasteiger partial charge in [0.1, 0.15) is 12.6 Å². The van der Waals surface area contributed by atoms with Crippen molar-refractivity contribution in [3.8, 4) is 11.5 Å². The van der Waals surface area contributed by atoms with E-state index in [2.05, 4.69) is 5.32 Å². The second-order valence-electron chi connectivity index (χ2n) is 12.4. The van der Waals surface area contributed by atoms with Crippen molar-refractivity contribution in [3.05, 3.63) is 120 Å². The molecule has 49 heavy (non-hydrogen) atoms. The topological polar surface area (TPSA) is 105 Å². The molecule has 10 heteroatoms. The van der Waals surface area contributed by atoms with E-state index in [1.54, 1.807) is 24.3 Å². The Bertz CT molecular complexity index is 1790. The van der Waals surface area contributed by atoms with Crippen LogP contribution in [0.3, 0.4) is 0 Å². The zero-order valence-corrected chi connectivity index (χ0v) is 29.2. The highest BCUT2D eigenvalue weighted by atomic mass is 32.2. The number of amides is 2. The van der Waals surface area contributed by atoms with E-state index in [9.17, 15) is 18.0 Å². The zero-order valence-electron chi connectivity index (χ0n) is 28.4. The van der Waals surface area contributed by atoms with E-state index in [0.29, 0.717) is 11.4 Å². The third-order valence-corrected chi connectivity index (χ3v) is 10.7. The number of rotatable bonds is 14. The van der Waals surface area contributed by atoms with Gasteiger partial charge in [-0.05, 0) is 55.2 Å². The van der Waals surface area contributed by atoms with Crippen molar-refractivity contribution in [1.82, 2.24) is 10.2 Å². The van der Waals surface area contributed by atoms with E-state index < -0.39 is 28.5 Å². The molecule has 1 atom stereocenters. The molecule has 0 saturated heterocycles. The summed E-state index contributed by atoms with van der Waals surface area (Å²) in [5.41, 5.74) is 2.97. The maximum absolute atomic E-state index is 14.7. The minimum atomic E-state index is -4.30. The van der Waals surface area contributed by atoms with Crippen LogP contribution in [0.4, 0.5) is 5.69 Å². The fourth-order valence-electron chi connectivity index (χ4n) is 6.22. The number of hydrogen-bond donors (Lipinski definition) is 1. The van der Waals surface area contributed by atoms with Crippen molar-refractivity contribution >= 4 is 27.5 Å². The Hall–Kier alpha value is -4.83. The van der Waals surface area contributed by atoms with Gasteiger partial charge in [0.25, 0.3) is 10.0 Å². The van der Waals surface area contributed by atoms with Crippen molar-refractivity contribution in [2.24, 2.45) is 0 Å². The van der Waals surface area contributed by atoms with Gasteiger partial charge in [-0.2, -0.15) is 0 Å². The Morgan fingerprint density at radius 1 is 0.796 bits per heavy atom. The SMILES string of the molecule is COc1ccc(S(=O)(=O)N(CC(=O)N(Cc2ccccc2)[C@H](Cc2ccccc2)C(=O)NC2CCCCC2)c2ccc(C)cc2)cc1OC. The maximum atomic E-state index is 14.7. The first-order chi connectivity index (χ1) is 23.7. The van der Waals surface area contributed by atoms with Crippen molar-refractivity contribution in [2.75, 3.05) is 25.1 Å². The molecule has 0 aliphatic heterocycles. The third-order valence-electron chi connectivity index (χ3n) is 8.96. The number of sulfonamides is 1. The molecule has 4 aromatic carbocycles. The summed E-state index contributed by atoms with van der Waals surface area (Å²) in [5, 5.41) is 3.24. The van der Waals surface area contributed by atoms with Crippen LogP contribution >= 0.6 is 0 Å².